The lowest BCUT2D eigenvalue weighted by Crippen LogP contribution is -2.16. The molecule has 8 aromatic rings. The molecule has 12 N–H and O–H groups in total. The van der Waals surface area contributed by atoms with Crippen molar-refractivity contribution in [1.82, 2.24) is 9.78 Å². The third-order valence-corrected chi connectivity index (χ3v) is 16.1. The zero-order valence-corrected chi connectivity index (χ0v) is 45.9. The van der Waals surface area contributed by atoms with Gasteiger partial charge in [0.25, 0.3) is 62.8 Å². The van der Waals surface area contributed by atoms with E-state index >= 15 is 0 Å². The zero-order chi connectivity index (χ0) is 64.2. The number of hydrogen-bond donors (Lipinski definition) is 11. The number of H-pyrrole nitrogens is 1. The molecule has 450 valence electrons. The number of carboxylic acid groups (broad SMARTS) is 2. The highest BCUT2D eigenvalue weighted by Crippen LogP contribution is 2.48. The number of phenols is 2. The Kier molecular flexibility index (Phi) is 16.2. The van der Waals surface area contributed by atoms with E-state index in [0.717, 1.165) is 60.7 Å². The van der Waals surface area contributed by atoms with Crippen LogP contribution in [0.2, 0.25) is 0 Å². The number of nitro groups is 1. The second-order valence-electron chi connectivity index (χ2n) is 17.0. The molecular weight excluding hydrogens is 1270 g/mol. The lowest BCUT2D eigenvalue weighted by molar-refractivity contribution is -0.385. The van der Waals surface area contributed by atoms with E-state index in [0.29, 0.717) is 35.0 Å². The summed E-state index contributed by atoms with van der Waals surface area (Å²) in [6, 6.07) is 10.6. The molecule has 8 rings (SSSR count). The van der Waals surface area contributed by atoms with Crippen LogP contribution in [0.3, 0.4) is 0 Å². The topological polar surface area (TPSA) is 619 Å². The number of carbonyl (C=O) groups excluding carboxylic acids is 1. The number of aromatic hydroxyl groups is 2. The maximum absolute atomic E-state index is 13.5. The number of rotatable bonds is 19. The number of nitro benzene ring substituents is 1. The van der Waals surface area contributed by atoms with Crippen LogP contribution in [0.25, 0.3) is 27.2 Å². The van der Waals surface area contributed by atoms with Crippen LogP contribution in [0.5, 0.6) is 17.4 Å². The number of carbonyl (C=O) groups is 3. The summed E-state index contributed by atoms with van der Waals surface area (Å²) in [5, 5.41) is 81.2. The van der Waals surface area contributed by atoms with Gasteiger partial charge in [-0.05, 0) is 72.8 Å². The number of phenolic OH excluding ortho intramolecular Hbond substituents is 2. The minimum atomic E-state index is -5.71. The molecule has 0 amide bonds. The van der Waals surface area contributed by atoms with Crippen molar-refractivity contribution >= 4 is 147 Å². The van der Waals surface area contributed by atoms with Gasteiger partial charge in [-0.25, -0.2) is 14.3 Å². The molecule has 0 spiro atoms. The van der Waals surface area contributed by atoms with Crippen LogP contribution in [0.4, 0.5) is 56.9 Å². The van der Waals surface area contributed by atoms with Gasteiger partial charge in [-0.15, -0.1) is 35.8 Å². The van der Waals surface area contributed by atoms with Gasteiger partial charge in [0.1, 0.15) is 58.6 Å². The Balaban J connectivity index is 1.20. The van der Waals surface area contributed by atoms with Gasteiger partial charge < -0.3 is 30.9 Å². The highest BCUT2D eigenvalue weighted by atomic mass is 32.2. The van der Waals surface area contributed by atoms with Crippen LogP contribution in [0.15, 0.2) is 161 Å². The van der Waals surface area contributed by atoms with Gasteiger partial charge in [-0.1, -0.05) is 6.07 Å². The Morgan fingerprint density at radius 2 is 1.06 bits per heavy atom. The van der Waals surface area contributed by atoms with Crippen molar-refractivity contribution in [3.63, 3.8) is 0 Å². The number of azo groups is 4. The van der Waals surface area contributed by atoms with E-state index in [2.05, 4.69) is 46.0 Å². The number of nitrogens with zero attached hydrogens (tertiary/aromatic N) is 10. The molecule has 1 aromatic heterocycles. The van der Waals surface area contributed by atoms with Crippen molar-refractivity contribution in [3.05, 3.63) is 123 Å². The second-order valence-corrected chi connectivity index (χ2v) is 23.9. The number of aromatic amines is 1. The summed E-state index contributed by atoms with van der Waals surface area (Å²) in [6.45, 7) is -0.219. The Bertz CT molecular complexity index is 5150. The Hall–Kier alpha value is -10.8. The number of nitrogens with one attached hydrogen (secondary N) is 1. The molecule has 0 saturated heterocycles. The van der Waals surface area contributed by atoms with Gasteiger partial charge in [0, 0.05) is 28.3 Å². The number of aromatic nitrogens is 2. The first-order valence-corrected chi connectivity index (χ1v) is 29.6. The molecule has 7 aromatic carbocycles. The summed E-state index contributed by atoms with van der Waals surface area (Å²) >= 11 is 0. The summed E-state index contributed by atoms with van der Waals surface area (Å²) < 4.78 is 183. The number of anilines is 1. The van der Waals surface area contributed by atoms with Crippen molar-refractivity contribution in [3.8, 4) is 23.1 Å². The fourth-order valence-electron chi connectivity index (χ4n) is 7.85. The molecule has 0 aliphatic rings. The average molecular weight is 1300 g/mol. The summed E-state index contributed by atoms with van der Waals surface area (Å²) in [7, 11) is -27.4. The molecule has 1 heterocycles. The number of non-ortho nitro benzene ring substituents is 1. The summed E-state index contributed by atoms with van der Waals surface area (Å²) in [5.74, 6) is -6.48. The molecule has 38 nitrogen and oxygen atoms in total. The van der Waals surface area contributed by atoms with Crippen molar-refractivity contribution in [2.75, 3.05) is 5.73 Å². The van der Waals surface area contributed by atoms with Gasteiger partial charge in [-0.3, -0.25) is 47.6 Å². The summed E-state index contributed by atoms with van der Waals surface area (Å²) in [5.41, 5.74) is -5.09. The van der Waals surface area contributed by atoms with E-state index in [1.165, 1.54) is 0 Å². The standard InChI is InChI=1S/C44H28N12O26S5/c45-35-29(15-30(83(67,68)69)23-4-7-27(39(59)34(23)35)49-47-26-6-2-20(56(65)66)13-32(26)85(73,74)75)51-50-28-8-3-22-24(40(28)87(79,80)81)14-33(86(76,77)78)36(38(22)58)52-46-19-1-5-25(31(12-19)84(70,71)72)48-53-37-41(82-16-57)54-55(42(37)60)21-10-17(43(61)62)9-18(11-21)44(63)64/h1-16,54,58-59H,45H2,(H,61,62)(H,63,64)(H,67,68,69)(H,70,71,72)(H,73,74,75)(H,76,77,78)(H,79,80,81). The Labute approximate surface area is 481 Å². The maximum atomic E-state index is 13.5. The van der Waals surface area contributed by atoms with Crippen molar-refractivity contribution in [2.24, 2.45) is 40.9 Å². The molecule has 0 bridgehead atoms. The maximum Gasteiger partial charge on any atom is 0.335 e. The Morgan fingerprint density at radius 1 is 0.552 bits per heavy atom. The number of nitrogens with two attached hydrogens (primary N) is 1. The van der Waals surface area contributed by atoms with Crippen molar-refractivity contribution < 1.29 is 109 Å². The molecule has 0 fully saturated rings. The van der Waals surface area contributed by atoms with Crippen LogP contribution in [0, 0.1) is 10.1 Å². The smallest absolute Gasteiger partial charge is 0.335 e. The fraction of sp³-hybridized carbons (Fsp3) is 0. The van der Waals surface area contributed by atoms with Gasteiger partial charge >= 0.3 is 17.5 Å². The minimum Gasteiger partial charge on any atom is -0.505 e. The van der Waals surface area contributed by atoms with E-state index in [-0.39, 0.29) is 6.47 Å². The molecule has 87 heavy (non-hydrogen) atoms. The van der Waals surface area contributed by atoms with Crippen LogP contribution < -0.4 is 16.0 Å². The molecule has 0 unspecified atom stereocenters. The van der Waals surface area contributed by atoms with E-state index < -0.39 is 210 Å². The van der Waals surface area contributed by atoms with Gasteiger partial charge in [0.15, 0.2) is 11.5 Å². The first-order valence-electron chi connectivity index (χ1n) is 22.4. The molecule has 0 aliphatic carbocycles. The molecule has 0 atom stereocenters. The predicted molar refractivity (Wildman–Crippen MR) is 288 cm³/mol. The first-order chi connectivity index (χ1) is 40.4. The number of aromatic carboxylic acids is 2. The largest absolute Gasteiger partial charge is 0.505 e. The first kappa shape index (κ1) is 62.3. The van der Waals surface area contributed by atoms with Crippen LogP contribution in [-0.4, -0.2) is 118 Å². The number of nitrogen functional groups attached to an aromatic ring is 1. The number of ether oxygens (including phenoxy) is 1. The monoisotopic (exact) mass is 1300 g/mol. The lowest BCUT2D eigenvalue weighted by atomic mass is 10.1. The highest BCUT2D eigenvalue weighted by molar-refractivity contribution is 7.87. The quantitative estimate of drug-likeness (QED) is 0.00951. The summed E-state index contributed by atoms with van der Waals surface area (Å²) in [6.07, 6.45) is 0. The fourth-order valence-corrected chi connectivity index (χ4v) is 11.3. The Morgan fingerprint density at radius 3 is 1.62 bits per heavy atom. The van der Waals surface area contributed by atoms with Gasteiger partial charge in [0.05, 0.1) is 38.5 Å². The number of benzene rings is 7. The van der Waals surface area contributed by atoms with Crippen LogP contribution in [0.1, 0.15) is 20.7 Å². The summed E-state index contributed by atoms with van der Waals surface area (Å²) in [4.78, 5) is 52.1. The molecule has 0 aliphatic heterocycles. The van der Waals surface area contributed by atoms with Crippen LogP contribution >= 0.6 is 0 Å². The zero-order valence-electron chi connectivity index (χ0n) is 41.8. The predicted octanol–water partition coefficient (Wildman–Crippen LogP) is 7.20. The van der Waals surface area contributed by atoms with E-state index in [4.69, 9.17) is 10.5 Å². The third-order valence-electron chi connectivity index (χ3n) is 11.6. The van der Waals surface area contributed by atoms with E-state index in [9.17, 15) is 115 Å². The number of fused-ring (bicyclic) bond motifs is 2. The number of carboxylic acids is 2. The van der Waals surface area contributed by atoms with E-state index in [1.54, 1.807) is 0 Å². The highest BCUT2D eigenvalue weighted by Gasteiger charge is 2.30. The normalized spacial score (nSPS) is 12.7. The minimum absolute atomic E-state index is 0.219. The average Bonchev–Trinajstić information content (AvgIpc) is 1.38. The lowest BCUT2D eigenvalue weighted by Gasteiger charge is -2.13. The molecular formula is C44H28N12O26S5. The van der Waals surface area contributed by atoms with E-state index in [1.807, 2.05) is 0 Å². The third kappa shape index (κ3) is 12.7. The van der Waals surface area contributed by atoms with Crippen LogP contribution in [-0.2, 0) is 55.4 Å². The van der Waals surface area contributed by atoms with Crippen molar-refractivity contribution in [2.45, 2.75) is 24.5 Å². The SMILES string of the molecule is Nc1c(N=Nc2ccc3c(O)c(N=Nc4ccc(N=Nc5c(OC=O)[nH]n(-c6cc(C(=O)O)cc(C(=O)O)c6)c5=O)c(S(=O)(=O)O)c4)c(S(=O)(=O)O)cc3c2S(=O)(=O)O)cc(S(=O)(=O)O)c2ccc(N=Nc3ccc([N+](=O)[O-])cc3S(=O)(=O)O)c(O)c12. The number of hydrogen-bond acceptors (Lipinski definition) is 28. The molecule has 43 heteroatoms. The van der Waals surface area contributed by atoms with Gasteiger partial charge in [-0.2, -0.15) is 47.2 Å². The second kappa shape index (κ2) is 22.7. The van der Waals surface area contributed by atoms with Gasteiger partial charge in [0.2, 0.25) is 11.6 Å². The van der Waals surface area contributed by atoms with Crippen molar-refractivity contribution in [1.29, 1.82) is 0 Å². The molecule has 0 radical (unpaired) electrons. The molecule has 0 saturated carbocycles.